The first-order valence-corrected chi connectivity index (χ1v) is 12.7. The Morgan fingerprint density at radius 3 is 2.35 bits per heavy atom. The van der Waals surface area contributed by atoms with Gasteiger partial charge in [0.2, 0.25) is 15.9 Å². The summed E-state index contributed by atoms with van der Waals surface area (Å²) in [6.07, 6.45) is 0. The van der Waals surface area contributed by atoms with Crippen molar-refractivity contribution < 1.29 is 17.9 Å². The Hall–Kier alpha value is -2.23. The van der Waals surface area contributed by atoms with Gasteiger partial charge in [0.1, 0.15) is 5.75 Å². The van der Waals surface area contributed by atoms with Crippen molar-refractivity contribution in [1.29, 1.82) is 0 Å². The van der Waals surface area contributed by atoms with Crippen LogP contribution in [0.1, 0.15) is 5.56 Å². The molecule has 7 nitrogen and oxygen atoms in total. The quantitative estimate of drug-likeness (QED) is 0.599. The molecule has 0 saturated carbocycles. The van der Waals surface area contributed by atoms with Crippen LogP contribution in [0.2, 0.25) is 0 Å². The van der Waals surface area contributed by atoms with Gasteiger partial charge in [-0.3, -0.25) is 4.79 Å². The highest BCUT2D eigenvalue weighted by Crippen LogP contribution is 2.22. The van der Waals surface area contributed by atoms with Crippen LogP contribution >= 0.6 is 11.8 Å². The minimum atomic E-state index is -3.45. The molecule has 0 N–H and O–H groups in total. The molecule has 0 atom stereocenters. The molecule has 1 amide bonds. The number of hydrogen-bond donors (Lipinski definition) is 0. The van der Waals surface area contributed by atoms with Gasteiger partial charge in [-0.15, -0.1) is 11.8 Å². The lowest BCUT2D eigenvalue weighted by Crippen LogP contribution is -2.49. The molecule has 0 aromatic heterocycles. The normalized spacial score (nSPS) is 14.7. The first-order valence-electron chi connectivity index (χ1n) is 10.1. The average Bonchev–Trinajstić information content (AvgIpc) is 2.79. The Labute approximate surface area is 189 Å². The van der Waals surface area contributed by atoms with E-state index in [0.29, 0.717) is 24.6 Å². The Kier molecular flexibility index (Phi) is 7.85. The number of benzene rings is 2. The molecule has 1 saturated heterocycles. The summed E-state index contributed by atoms with van der Waals surface area (Å²) in [5.74, 6) is 1.93. The van der Waals surface area contributed by atoms with E-state index >= 15 is 0 Å². The van der Waals surface area contributed by atoms with Gasteiger partial charge in [0.15, 0.2) is 0 Å². The van der Waals surface area contributed by atoms with Crippen molar-refractivity contribution in [2.75, 3.05) is 58.0 Å². The fourth-order valence-electron chi connectivity index (χ4n) is 3.36. The number of thioether (sulfide) groups is 1. The molecular formula is C22H29N3O4S2. The highest BCUT2D eigenvalue weighted by Gasteiger charge is 2.21. The number of nitrogens with zero attached hydrogens (tertiary/aromatic N) is 3. The number of sulfonamides is 1. The molecule has 0 unspecified atom stereocenters. The molecule has 3 rings (SSSR count). The maximum atomic E-state index is 12.6. The van der Waals surface area contributed by atoms with Crippen molar-refractivity contribution in [3.8, 4) is 5.75 Å². The smallest absolute Gasteiger partial charge is 0.242 e. The Morgan fingerprint density at radius 2 is 1.74 bits per heavy atom. The second kappa shape index (κ2) is 10.4. The summed E-state index contributed by atoms with van der Waals surface area (Å²) < 4.78 is 31.0. The van der Waals surface area contributed by atoms with Crippen LogP contribution in [0.3, 0.4) is 0 Å². The zero-order valence-electron chi connectivity index (χ0n) is 18.2. The number of carbonyl (C=O) groups excluding carboxylic acids is 1. The third-order valence-corrected chi connectivity index (χ3v) is 8.04. The summed E-state index contributed by atoms with van der Waals surface area (Å²) in [5.41, 5.74) is 2.03. The molecule has 2 aromatic carbocycles. The highest BCUT2D eigenvalue weighted by molar-refractivity contribution is 7.99. The third-order valence-electron chi connectivity index (χ3n) is 5.24. The number of methoxy groups -OCH3 is 1. The van der Waals surface area contributed by atoms with Crippen LogP contribution in [-0.2, 0) is 20.6 Å². The van der Waals surface area contributed by atoms with Crippen molar-refractivity contribution in [2.45, 2.75) is 10.6 Å². The molecule has 1 aliphatic rings. The van der Waals surface area contributed by atoms with Gasteiger partial charge in [0.25, 0.3) is 0 Å². The standard InChI is InChI=1S/C22H29N3O4S2/c1-23(2)31(27,28)21-6-4-5-18(15-21)16-30-17-22(26)25-13-11-24(12-14-25)19-7-9-20(29-3)10-8-19/h4-10,15H,11-14,16-17H2,1-3H3. The summed E-state index contributed by atoms with van der Waals surface area (Å²) in [6.45, 7) is 2.99. The number of anilines is 1. The van der Waals surface area contributed by atoms with Gasteiger partial charge in [0, 0.05) is 51.7 Å². The molecule has 0 bridgehead atoms. The first kappa shape index (κ1) is 23.4. The van der Waals surface area contributed by atoms with Crippen molar-refractivity contribution >= 4 is 33.4 Å². The van der Waals surface area contributed by atoms with Gasteiger partial charge in [-0.05, 0) is 42.0 Å². The fourth-order valence-corrected chi connectivity index (χ4v) is 5.21. The summed E-state index contributed by atoms with van der Waals surface area (Å²) in [7, 11) is 1.24. The van der Waals surface area contributed by atoms with E-state index < -0.39 is 10.0 Å². The predicted molar refractivity (Wildman–Crippen MR) is 125 cm³/mol. The minimum absolute atomic E-state index is 0.122. The number of carbonyl (C=O) groups is 1. The van der Waals surface area contributed by atoms with Crippen molar-refractivity contribution in [3.63, 3.8) is 0 Å². The SMILES string of the molecule is COc1ccc(N2CCN(C(=O)CSCc3cccc(S(=O)(=O)N(C)C)c3)CC2)cc1. The topological polar surface area (TPSA) is 70.2 Å². The van der Waals surface area contributed by atoms with E-state index in [0.717, 1.165) is 30.1 Å². The fraction of sp³-hybridized carbons (Fsp3) is 0.409. The zero-order chi connectivity index (χ0) is 22.4. The first-order chi connectivity index (χ1) is 14.8. The van der Waals surface area contributed by atoms with Gasteiger partial charge in [-0.25, -0.2) is 12.7 Å². The summed E-state index contributed by atoms with van der Waals surface area (Å²) >= 11 is 1.51. The number of ether oxygens (including phenoxy) is 1. The van der Waals surface area contributed by atoms with Crippen LogP contribution in [0.4, 0.5) is 5.69 Å². The van der Waals surface area contributed by atoms with E-state index in [2.05, 4.69) is 4.90 Å². The molecule has 0 radical (unpaired) electrons. The maximum Gasteiger partial charge on any atom is 0.242 e. The summed E-state index contributed by atoms with van der Waals surface area (Å²) in [4.78, 5) is 17.0. The van der Waals surface area contributed by atoms with E-state index in [-0.39, 0.29) is 10.8 Å². The van der Waals surface area contributed by atoms with Crippen molar-refractivity contribution in [2.24, 2.45) is 0 Å². The van der Waals surface area contributed by atoms with E-state index in [9.17, 15) is 13.2 Å². The number of piperazine rings is 1. The van der Waals surface area contributed by atoms with E-state index in [1.807, 2.05) is 35.2 Å². The third kappa shape index (κ3) is 5.93. The van der Waals surface area contributed by atoms with Crippen molar-refractivity contribution in [3.05, 3.63) is 54.1 Å². The number of hydrogen-bond acceptors (Lipinski definition) is 6. The van der Waals surface area contributed by atoms with Gasteiger partial charge in [-0.1, -0.05) is 12.1 Å². The van der Waals surface area contributed by atoms with Gasteiger partial charge in [0.05, 0.1) is 17.8 Å². The molecule has 0 aliphatic carbocycles. The zero-order valence-corrected chi connectivity index (χ0v) is 19.8. The molecule has 1 aliphatic heterocycles. The Morgan fingerprint density at radius 1 is 1.06 bits per heavy atom. The Balaban J connectivity index is 1.47. The summed E-state index contributed by atoms with van der Waals surface area (Å²) in [6, 6.07) is 14.9. The molecule has 168 valence electrons. The Bertz CT molecular complexity index is 986. The van der Waals surface area contributed by atoms with Crippen LogP contribution < -0.4 is 9.64 Å². The molecule has 2 aromatic rings. The van der Waals surface area contributed by atoms with Crippen LogP contribution in [0.5, 0.6) is 5.75 Å². The largest absolute Gasteiger partial charge is 0.497 e. The highest BCUT2D eigenvalue weighted by atomic mass is 32.2. The molecule has 31 heavy (non-hydrogen) atoms. The lowest BCUT2D eigenvalue weighted by molar-refractivity contribution is -0.128. The van der Waals surface area contributed by atoms with Crippen LogP contribution in [0.15, 0.2) is 53.4 Å². The average molecular weight is 464 g/mol. The lowest BCUT2D eigenvalue weighted by Gasteiger charge is -2.36. The molecular weight excluding hydrogens is 434 g/mol. The molecule has 0 spiro atoms. The van der Waals surface area contributed by atoms with E-state index in [1.165, 1.54) is 30.2 Å². The van der Waals surface area contributed by atoms with Gasteiger partial charge in [-0.2, -0.15) is 0 Å². The summed E-state index contributed by atoms with van der Waals surface area (Å²) in [5, 5.41) is 0. The van der Waals surface area contributed by atoms with Crippen LogP contribution in [-0.4, -0.2) is 76.7 Å². The van der Waals surface area contributed by atoms with Crippen molar-refractivity contribution in [1.82, 2.24) is 9.21 Å². The van der Waals surface area contributed by atoms with Gasteiger partial charge < -0.3 is 14.5 Å². The molecule has 1 fully saturated rings. The van der Waals surface area contributed by atoms with E-state index in [4.69, 9.17) is 4.74 Å². The maximum absolute atomic E-state index is 12.6. The molecule has 1 heterocycles. The second-order valence-corrected chi connectivity index (χ2v) is 10.6. The minimum Gasteiger partial charge on any atom is -0.497 e. The van der Waals surface area contributed by atoms with Crippen LogP contribution in [0, 0.1) is 0 Å². The predicted octanol–water partition coefficient (Wildman–Crippen LogP) is 2.53. The molecule has 9 heteroatoms. The number of rotatable bonds is 8. The number of amides is 1. The van der Waals surface area contributed by atoms with Gasteiger partial charge >= 0.3 is 0 Å². The lowest BCUT2D eigenvalue weighted by atomic mass is 10.2. The second-order valence-electron chi connectivity index (χ2n) is 7.49. The van der Waals surface area contributed by atoms with Crippen LogP contribution in [0.25, 0.3) is 0 Å². The van der Waals surface area contributed by atoms with E-state index in [1.54, 1.807) is 25.3 Å². The monoisotopic (exact) mass is 463 g/mol.